The molecule has 0 saturated carbocycles. The van der Waals surface area contributed by atoms with Crippen molar-refractivity contribution in [2.75, 3.05) is 16.8 Å². The summed E-state index contributed by atoms with van der Waals surface area (Å²) in [5, 5.41) is 12.8. The summed E-state index contributed by atoms with van der Waals surface area (Å²) in [4.78, 5) is 40.6. The first-order chi connectivity index (χ1) is 10.9. The number of anilines is 2. The smallest absolute Gasteiger partial charge is 0.277 e. The Morgan fingerprint density at radius 2 is 2.00 bits per heavy atom. The van der Waals surface area contributed by atoms with E-state index in [1.54, 1.807) is 24.3 Å². The largest absolute Gasteiger partial charge is 0.549 e. The van der Waals surface area contributed by atoms with Gasteiger partial charge in [-0.25, -0.2) is 4.98 Å². The van der Waals surface area contributed by atoms with E-state index in [0.29, 0.717) is 5.56 Å². The third-order valence-corrected chi connectivity index (χ3v) is 3.97. The van der Waals surface area contributed by atoms with E-state index in [9.17, 15) is 19.5 Å². The number of nitrogens with one attached hydrogen (secondary N) is 2. The number of amides is 1. The number of carbonyl (C=O) groups excluding carboxylic acids is 2. The summed E-state index contributed by atoms with van der Waals surface area (Å²) in [6.07, 6.45) is 0. The molecule has 0 aliphatic heterocycles. The Morgan fingerprint density at radius 3 is 2.57 bits per heavy atom. The standard InChI is InChI=1S/C13H11BrN4O4S/c14-7-3-1-6(2-4-7)11(21)16-9-10(15)17-13(18-12(9)22)23-5-8(19)20/h1-4H,5H2,(H,16,21)(H,19,20)(H3,15,17,18,22)/p-1. The molecule has 0 atom stereocenters. The highest BCUT2D eigenvalue weighted by Crippen LogP contribution is 2.17. The van der Waals surface area contributed by atoms with Gasteiger partial charge in [0.1, 0.15) is 5.69 Å². The Kier molecular flexibility index (Phi) is 5.40. The quantitative estimate of drug-likeness (QED) is 0.483. The topological polar surface area (TPSA) is 141 Å². The number of aromatic amines is 1. The number of thioether (sulfide) groups is 1. The van der Waals surface area contributed by atoms with Gasteiger partial charge in [-0.3, -0.25) is 14.6 Å². The number of carbonyl (C=O) groups is 2. The molecule has 1 amide bonds. The first kappa shape index (κ1) is 17.0. The monoisotopic (exact) mass is 397 g/mol. The number of carboxylic acid groups (broad SMARTS) is 1. The van der Waals surface area contributed by atoms with Gasteiger partial charge in [0.15, 0.2) is 11.0 Å². The van der Waals surface area contributed by atoms with Crippen LogP contribution in [0.1, 0.15) is 10.4 Å². The van der Waals surface area contributed by atoms with E-state index in [1.165, 1.54) is 0 Å². The Hall–Kier alpha value is -2.33. The molecule has 0 radical (unpaired) electrons. The fraction of sp³-hybridized carbons (Fsp3) is 0.0769. The maximum atomic E-state index is 12.1. The zero-order valence-electron chi connectivity index (χ0n) is 11.5. The van der Waals surface area contributed by atoms with Crippen LogP contribution < -0.4 is 21.7 Å². The maximum Gasteiger partial charge on any atom is 0.277 e. The van der Waals surface area contributed by atoms with Crippen molar-refractivity contribution in [3.05, 3.63) is 44.7 Å². The number of aromatic nitrogens is 2. The molecule has 1 aromatic carbocycles. The zero-order chi connectivity index (χ0) is 17.0. The Morgan fingerprint density at radius 1 is 1.35 bits per heavy atom. The molecule has 0 saturated heterocycles. The summed E-state index contributed by atoms with van der Waals surface area (Å²) >= 11 is 4.01. The second-order valence-electron chi connectivity index (χ2n) is 4.25. The van der Waals surface area contributed by atoms with Crippen LogP contribution in [0.5, 0.6) is 0 Å². The highest BCUT2D eigenvalue weighted by Gasteiger charge is 2.14. The van der Waals surface area contributed by atoms with E-state index in [0.717, 1.165) is 16.2 Å². The second-order valence-corrected chi connectivity index (χ2v) is 6.13. The molecule has 0 fully saturated rings. The van der Waals surface area contributed by atoms with Crippen LogP contribution in [-0.4, -0.2) is 27.6 Å². The van der Waals surface area contributed by atoms with Gasteiger partial charge in [-0.1, -0.05) is 27.7 Å². The lowest BCUT2D eigenvalue weighted by atomic mass is 10.2. The molecule has 0 bridgehead atoms. The van der Waals surface area contributed by atoms with Crippen molar-refractivity contribution in [1.82, 2.24) is 9.97 Å². The molecule has 4 N–H and O–H groups in total. The van der Waals surface area contributed by atoms with Crippen LogP contribution >= 0.6 is 27.7 Å². The first-order valence-corrected chi connectivity index (χ1v) is 7.94. The van der Waals surface area contributed by atoms with Gasteiger partial charge in [-0.15, -0.1) is 0 Å². The van der Waals surface area contributed by atoms with Crippen molar-refractivity contribution in [3.63, 3.8) is 0 Å². The maximum absolute atomic E-state index is 12.1. The number of aliphatic carboxylic acids is 1. The van der Waals surface area contributed by atoms with Crippen LogP contribution in [0.3, 0.4) is 0 Å². The number of nitrogen functional groups attached to an aromatic ring is 1. The molecular weight excluding hydrogens is 388 g/mol. The van der Waals surface area contributed by atoms with Crippen molar-refractivity contribution in [3.8, 4) is 0 Å². The number of H-pyrrole nitrogens is 1. The van der Waals surface area contributed by atoms with E-state index in [1.807, 2.05) is 0 Å². The summed E-state index contributed by atoms with van der Waals surface area (Å²) in [7, 11) is 0. The molecule has 1 heterocycles. The average Bonchev–Trinajstić information content (AvgIpc) is 2.49. The molecule has 0 aliphatic carbocycles. The summed E-state index contributed by atoms with van der Waals surface area (Å²) in [5.41, 5.74) is 5.11. The van der Waals surface area contributed by atoms with Crippen molar-refractivity contribution in [1.29, 1.82) is 0 Å². The minimum Gasteiger partial charge on any atom is -0.549 e. The molecule has 0 spiro atoms. The van der Waals surface area contributed by atoms with Crippen molar-refractivity contribution in [2.45, 2.75) is 5.16 Å². The van der Waals surface area contributed by atoms with Crippen LogP contribution in [0.4, 0.5) is 11.5 Å². The Balaban J connectivity index is 2.20. The molecule has 0 aliphatic rings. The van der Waals surface area contributed by atoms with Crippen molar-refractivity contribution < 1.29 is 14.7 Å². The number of benzene rings is 1. The molecule has 120 valence electrons. The number of rotatable bonds is 5. The van der Waals surface area contributed by atoms with E-state index in [-0.39, 0.29) is 22.4 Å². The van der Waals surface area contributed by atoms with Gasteiger partial charge in [0.25, 0.3) is 11.5 Å². The minimum absolute atomic E-state index is 0.0262. The molecule has 10 heteroatoms. The molecule has 23 heavy (non-hydrogen) atoms. The summed E-state index contributed by atoms with van der Waals surface area (Å²) in [6.45, 7) is 0. The first-order valence-electron chi connectivity index (χ1n) is 6.16. The fourth-order valence-corrected chi connectivity index (χ4v) is 2.42. The van der Waals surface area contributed by atoms with Gasteiger partial charge in [0.2, 0.25) is 0 Å². The van der Waals surface area contributed by atoms with Gasteiger partial charge in [0, 0.05) is 15.8 Å². The molecule has 1 aromatic heterocycles. The third kappa shape index (κ3) is 4.57. The number of nitrogens with zero attached hydrogens (tertiary/aromatic N) is 1. The lowest BCUT2D eigenvalue weighted by Crippen LogP contribution is -2.25. The van der Waals surface area contributed by atoms with Crippen molar-refractivity contribution in [2.24, 2.45) is 0 Å². The lowest BCUT2D eigenvalue weighted by molar-refractivity contribution is -0.301. The van der Waals surface area contributed by atoms with Gasteiger partial charge in [0.05, 0.1) is 5.97 Å². The predicted octanol–water partition coefficient (Wildman–Crippen LogP) is 0.209. The summed E-state index contributed by atoms with van der Waals surface area (Å²) in [6, 6.07) is 6.50. The fourth-order valence-electron chi connectivity index (χ4n) is 1.57. The zero-order valence-corrected chi connectivity index (χ0v) is 13.9. The SMILES string of the molecule is Nc1nc(SCC(=O)[O-])[nH]c(=O)c1NC(=O)c1ccc(Br)cc1. The highest BCUT2D eigenvalue weighted by atomic mass is 79.9. The van der Waals surface area contributed by atoms with Gasteiger partial charge in [-0.05, 0) is 24.3 Å². The van der Waals surface area contributed by atoms with Crippen molar-refractivity contribution >= 4 is 51.1 Å². The number of carboxylic acids is 1. The predicted molar refractivity (Wildman–Crippen MR) is 87.1 cm³/mol. The second kappa shape index (κ2) is 7.29. The Bertz CT molecular complexity index is 807. The van der Waals surface area contributed by atoms with Crippen LogP contribution in [0.2, 0.25) is 0 Å². The number of halogens is 1. The number of hydrogen-bond acceptors (Lipinski definition) is 7. The van der Waals surface area contributed by atoms with Crippen LogP contribution in [0.25, 0.3) is 0 Å². The van der Waals surface area contributed by atoms with E-state index in [4.69, 9.17) is 5.73 Å². The lowest BCUT2D eigenvalue weighted by Gasteiger charge is -2.08. The molecule has 2 aromatic rings. The van der Waals surface area contributed by atoms with E-state index in [2.05, 4.69) is 31.2 Å². The third-order valence-electron chi connectivity index (χ3n) is 2.60. The van der Waals surface area contributed by atoms with Crippen LogP contribution in [0.15, 0.2) is 38.7 Å². The summed E-state index contributed by atoms with van der Waals surface area (Å²) < 4.78 is 0.808. The summed E-state index contributed by atoms with van der Waals surface area (Å²) in [5.74, 6) is -2.41. The number of hydrogen-bond donors (Lipinski definition) is 3. The molecule has 8 nitrogen and oxygen atoms in total. The van der Waals surface area contributed by atoms with Gasteiger partial charge < -0.3 is 21.0 Å². The van der Waals surface area contributed by atoms with E-state index < -0.39 is 17.4 Å². The highest BCUT2D eigenvalue weighted by molar-refractivity contribution is 9.10. The van der Waals surface area contributed by atoms with Gasteiger partial charge in [-0.2, -0.15) is 0 Å². The molecular formula is C13H10BrN4O4S-. The Labute approximate surface area is 142 Å². The average molecular weight is 398 g/mol. The van der Waals surface area contributed by atoms with E-state index >= 15 is 0 Å². The molecule has 0 unspecified atom stereocenters. The van der Waals surface area contributed by atoms with Crippen LogP contribution in [-0.2, 0) is 4.79 Å². The minimum atomic E-state index is -1.30. The number of nitrogens with two attached hydrogens (primary N) is 1. The normalized spacial score (nSPS) is 10.3. The molecule has 2 rings (SSSR count). The van der Waals surface area contributed by atoms with Crippen LogP contribution in [0, 0.1) is 0 Å². The van der Waals surface area contributed by atoms with Gasteiger partial charge >= 0.3 is 0 Å².